The Balaban J connectivity index is 3.54. The van der Waals surface area contributed by atoms with E-state index in [4.69, 9.17) is 0 Å². The fourth-order valence-corrected chi connectivity index (χ4v) is 0.577. The molecule has 0 aromatic carbocycles. The first kappa shape index (κ1) is 10.7. The molecule has 0 rings (SSSR count). The second kappa shape index (κ2) is 6.39. The average molecular weight is 171 g/mol. The van der Waals surface area contributed by atoms with Crippen LogP contribution in [0.3, 0.4) is 0 Å². The molecule has 0 unspecified atom stereocenters. The van der Waals surface area contributed by atoms with E-state index in [0.29, 0.717) is 6.42 Å². The Hall–Kier alpha value is -1.32. The van der Waals surface area contributed by atoms with Crippen LogP contribution in [0.15, 0.2) is 12.7 Å². The highest BCUT2D eigenvalue weighted by molar-refractivity contribution is 5.91. The zero-order valence-corrected chi connectivity index (χ0v) is 7.13. The third kappa shape index (κ3) is 5.46. The zero-order chi connectivity index (χ0) is 9.40. The first-order chi connectivity index (χ1) is 5.70. The smallest absolute Gasteiger partial charge is 0.413 e. The van der Waals surface area contributed by atoms with Crippen LogP contribution in [0.4, 0.5) is 4.79 Å². The van der Waals surface area contributed by atoms with Crippen molar-refractivity contribution in [2.45, 2.75) is 19.8 Å². The van der Waals surface area contributed by atoms with Crippen LogP contribution >= 0.6 is 0 Å². The van der Waals surface area contributed by atoms with Crippen LogP contribution in [0, 0.1) is 0 Å². The summed E-state index contributed by atoms with van der Waals surface area (Å²) in [5.41, 5.74) is 0. The fourth-order valence-electron chi connectivity index (χ4n) is 0.577. The molecule has 0 saturated carbocycles. The molecule has 0 bridgehead atoms. The van der Waals surface area contributed by atoms with E-state index >= 15 is 0 Å². The van der Waals surface area contributed by atoms with Crippen molar-refractivity contribution in [3.8, 4) is 0 Å². The Morgan fingerprint density at radius 2 is 2.25 bits per heavy atom. The van der Waals surface area contributed by atoms with Crippen LogP contribution in [0.2, 0.25) is 0 Å². The second-order valence-electron chi connectivity index (χ2n) is 2.10. The van der Waals surface area contributed by atoms with Gasteiger partial charge >= 0.3 is 6.09 Å². The van der Waals surface area contributed by atoms with E-state index < -0.39 is 6.09 Å². The van der Waals surface area contributed by atoms with Crippen molar-refractivity contribution in [1.82, 2.24) is 5.32 Å². The molecule has 0 fully saturated rings. The molecule has 4 nitrogen and oxygen atoms in total. The molecule has 0 aromatic rings. The quantitative estimate of drug-likeness (QED) is 0.647. The van der Waals surface area contributed by atoms with Gasteiger partial charge in [0.1, 0.15) is 0 Å². The summed E-state index contributed by atoms with van der Waals surface area (Å²) in [4.78, 5) is 21.5. The molecule has 1 N–H and O–H groups in total. The average Bonchev–Trinajstić information content (AvgIpc) is 2.01. The number of carbonyl (C=O) groups excluding carboxylic acids is 2. The minimum Gasteiger partial charge on any atom is -0.450 e. The lowest BCUT2D eigenvalue weighted by molar-refractivity contribution is -0.120. The molecule has 68 valence electrons. The minimum atomic E-state index is -0.688. The van der Waals surface area contributed by atoms with Crippen molar-refractivity contribution in [1.29, 1.82) is 0 Å². The van der Waals surface area contributed by atoms with Gasteiger partial charge in [0.25, 0.3) is 0 Å². The lowest BCUT2D eigenvalue weighted by atomic mass is 10.3. The van der Waals surface area contributed by atoms with Crippen molar-refractivity contribution >= 4 is 12.0 Å². The number of carbonyl (C=O) groups is 2. The van der Waals surface area contributed by atoms with Gasteiger partial charge < -0.3 is 4.74 Å². The molecule has 0 radical (unpaired) electrons. The monoisotopic (exact) mass is 171 g/mol. The van der Waals surface area contributed by atoms with E-state index in [9.17, 15) is 9.59 Å². The number of imide groups is 1. The number of ether oxygens (including phenoxy) is 1. The topological polar surface area (TPSA) is 55.4 Å². The maximum Gasteiger partial charge on any atom is 0.413 e. The number of amides is 2. The van der Waals surface area contributed by atoms with E-state index in [0.717, 1.165) is 0 Å². The summed E-state index contributed by atoms with van der Waals surface area (Å²) >= 11 is 0. The van der Waals surface area contributed by atoms with Crippen LogP contribution in [0.5, 0.6) is 0 Å². The van der Waals surface area contributed by atoms with Gasteiger partial charge in [0.2, 0.25) is 5.91 Å². The Bertz CT molecular complexity index is 177. The van der Waals surface area contributed by atoms with Gasteiger partial charge in [0.15, 0.2) is 0 Å². The number of alkyl carbamates (subject to hydrolysis) is 1. The molecule has 12 heavy (non-hydrogen) atoms. The van der Waals surface area contributed by atoms with E-state index in [1.54, 1.807) is 13.0 Å². The van der Waals surface area contributed by atoms with Gasteiger partial charge in [0, 0.05) is 6.42 Å². The zero-order valence-electron chi connectivity index (χ0n) is 7.13. The maximum atomic E-state index is 10.8. The molecule has 0 aliphatic heterocycles. The first-order valence-corrected chi connectivity index (χ1v) is 3.78. The van der Waals surface area contributed by atoms with E-state index in [2.05, 4.69) is 16.6 Å². The Morgan fingerprint density at radius 3 is 2.75 bits per heavy atom. The van der Waals surface area contributed by atoms with E-state index in [1.807, 2.05) is 0 Å². The van der Waals surface area contributed by atoms with Crippen molar-refractivity contribution in [3.63, 3.8) is 0 Å². The van der Waals surface area contributed by atoms with Crippen molar-refractivity contribution in [2.24, 2.45) is 0 Å². The van der Waals surface area contributed by atoms with Crippen LogP contribution < -0.4 is 5.32 Å². The molecular weight excluding hydrogens is 158 g/mol. The number of hydrogen-bond donors (Lipinski definition) is 1. The second-order valence-corrected chi connectivity index (χ2v) is 2.10. The van der Waals surface area contributed by atoms with Crippen LogP contribution in [-0.2, 0) is 9.53 Å². The van der Waals surface area contributed by atoms with Gasteiger partial charge in [-0.15, -0.1) is 6.58 Å². The predicted octanol–water partition coefficient (Wildman–Crippen LogP) is 1.23. The summed E-state index contributed by atoms with van der Waals surface area (Å²) in [7, 11) is 0. The Morgan fingerprint density at radius 1 is 1.58 bits per heavy atom. The van der Waals surface area contributed by atoms with Crippen molar-refractivity contribution < 1.29 is 14.3 Å². The Kier molecular flexibility index (Phi) is 5.69. The summed E-state index contributed by atoms with van der Waals surface area (Å²) in [6, 6.07) is 0. The van der Waals surface area contributed by atoms with E-state index in [1.165, 1.54) is 0 Å². The maximum absolute atomic E-state index is 10.8. The number of nitrogens with one attached hydrogen (secondary N) is 1. The third-order valence-electron chi connectivity index (χ3n) is 1.09. The number of hydrogen-bond acceptors (Lipinski definition) is 3. The SMILES string of the molecule is C=CCCC(=O)NC(=O)OCC. The minimum absolute atomic E-state index is 0.264. The van der Waals surface area contributed by atoms with Gasteiger partial charge in [-0.3, -0.25) is 10.1 Å². The highest BCUT2D eigenvalue weighted by atomic mass is 16.5. The predicted molar refractivity (Wildman–Crippen MR) is 44.6 cm³/mol. The molecule has 4 heteroatoms. The largest absolute Gasteiger partial charge is 0.450 e. The summed E-state index contributed by atoms with van der Waals surface area (Å²) in [6.07, 6.45) is 1.75. The normalized spacial score (nSPS) is 8.75. The lowest BCUT2D eigenvalue weighted by Crippen LogP contribution is -2.30. The molecular formula is C8H13NO3. The van der Waals surface area contributed by atoms with Crippen molar-refractivity contribution in [2.75, 3.05) is 6.61 Å². The highest BCUT2D eigenvalue weighted by Crippen LogP contribution is 1.89. The van der Waals surface area contributed by atoms with E-state index in [-0.39, 0.29) is 18.9 Å². The molecule has 2 amide bonds. The van der Waals surface area contributed by atoms with Crippen LogP contribution in [0.1, 0.15) is 19.8 Å². The molecule has 0 aliphatic carbocycles. The van der Waals surface area contributed by atoms with Gasteiger partial charge in [-0.25, -0.2) is 4.79 Å². The summed E-state index contributed by atoms with van der Waals surface area (Å²) < 4.78 is 4.50. The number of allylic oxidation sites excluding steroid dienone is 1. The molecule has 0 atom stereocenters. The lowest BCUT2D eigenvalue weighted by Gasteiger charge is -2.01. The van der Waals surface area contributed by atoms with Gasteiger partial charge in [-0.2, -0.15) is 0 Å². The third-order valence-corrected chi connectivity index (χ3v) is 1.09. The van der Waals surface area contributed by atoms with Gasteiger partial charge in [-0.05, 0) is 13.3 Å². The summed E-state index contributed by atoms with van der Waals surface area (Å²) in [5, 5.41) is 2.07. The fraction of sp³-hybridized carbons (Fsp3) is 0.500. The first-order valence-electron chi connectivity index (χ1n) is 3.78. The summed E-state index contributed by atoms with van der Waals surface area (Å²) in [5.74, 6) is -0.339. The van der Waals surface area contributed by atoms with Crippen LogP contribution in [0.25, 0.3) is 0 Å². The molecule has 0 saturated heterocycles. The number of rotatable bonds is 4. The molecule has 0 heterocycles. The van der Waals surface area contributed by atoms with Crippen molar-refractivity contribution in [3.05, 3.63) is 12.7 Å². The molecule has 0 spiro atoms. The molecule has 0 aliphatic rings. The Labute approximate surface area is 71.6 Å². The standard InChI is InChI=1S/C8H13NO3/c1-3-5-6-7(10)9-8(11)12-4-2/h3H,1,4-6H2,2H3,(H,9,10,11). The van der Waals surface area contributed by atoms with Crippen LogP contribution in [-0.4, -0.2) is 18.6 Å². The van der Waals surface area contributed by atoms with Gasteiger partial charge in [-0.1, -0.05) is 6.08 Å². The molecule has 0 aromatic heterocycles. The summed E-state index contributed by atoms with van der Waals surface area (Å²) in [6.45, 7) is 5.39. The van der Waals surface area contributed by atoms with Gasteiger partial charge in [0.05, 0.1) is 6.61 Å². The highest BCUT2D eigenvalue weighted by Gasteiger charge is 2.05.